The molecule has 0 aliphatic carbocycles. The third-order valence-electron chi connectivity index (χ3n) is 2.13. The zero-order chi connectivity index (χ0) is 12.8. The molecule has 0 unspecified atom stereocenters. The molecule has 1 aromatic rings. The lowest BCUT2D eigenvalue weighted by molar-refractivity contribution is -0.387. The molecule has 0 spiro atoms. The third-order valence-corrected chi connectivity index (χ3v) is 2.13. The molecule has 0 saturated heterocycles. The van der Waals surface area contributed by atoms with E-state index in [9.17, 15) is 19.3 Å². The maximum atomic E-state index is 13.0. The van der Waals surface area contributed by atoms with E-state index in [1.165, 1.54) is 6.07 Å². The molecule has 17 heavy (non-hydrogen) atoms. The smallest absolute Gasteiger partial charge is 0.306 e. The largest absolute Gasteiger partial charge is 0.466 e. The standard InChI is InChI=1S/C11H12FNO4/c1-2-17-11(14)6-4-8-3-5-9(12)10(7-8)13(15)16/h3,5,7H,2,4,6H2,1H3. The topological polar surface area (TPSA) is 69.4 Å². The molecule has 5 nitrogen and oxygen atoms in total. The number of carbonyl (C=O) groups is 1. The molecule has 0 N–H and O–H groups in total. The Morgan fingerprint density at radius 2 is 2.24 bits per heavy atom. The number of nitro benzene ring substituents is 1. The van der Waals surface area contributed by atoms with Gasteiger partial charge in [-0.05, 0) is 25.0 Å². The van der Waals surface area contributed by atoms with Crippen LogP contribution in [-0.2, 0) is 16.0 Å². The number of hydrogen-bond donors (Lipinski definition) is 0. The van der Waals surface area contributed by atoms with Crippen LogP contribution in [0.4, 0.5) is 10.1 Å². The number of aryl methyl sites for hydroxylation is 1. The summed E-state index contributed by atoms with van der Waals surface area (Å²) in [5.74, 6) is -1.26. The van der Waals surface area contributed by atoms with Gasteiger partial charge in [0.05, 0.1) is 11.5 Å². The highest BCUT2D eigenvalue weighted by Gasteiger charge is 2.14. The lowest BCUT2D eigenvalue weighted by Gasteiger charge is -2.02. The summed E-state index contributed by atoms with van der Waals surface area (Å²) >= 11 is 0. The van der Waals surface area contributed by atoms with Gasteiger partial charge in [0, 0.05) is 12.5 Å². The van der Waals surface area contributed by atoms with Crippen molar-refractivity contribution in [2.75, 3.05) is 6.61 Å². The molecule has 0 atom stereocenters. The van der Waals surface area contributed by atoms with Crippen molar-refractivity contribution in [3.05, 3.63) is 39.7 Å². The molecule has 6 heteroatoms. The van der Waals surface area contributed by atoms with Crippen LogP contribution in [0.5, 0.6) is 0 Å². The van der Waals surface area contributed by atoms with Crippen LogP contribution in [0.3, 0.4) is 0 Å². The van der Waals surface area contributed by atoms with Crippen molar-refractivity contribution in [1.29, 1.82) is 0 Å². The van der Waals surface area contributed by atoms with Crippen molar-refractivity contribution < 1.29 is 18.8 Å². The molecule has 1 rings (SSSR count). The highest BCUT2D eigenvalue weighted by molar-refractivity contribution is 5.69. The van der Waals surface area contributed by atoms with Gasteiger partial charge < -0.3 is 4.74 Å². The normalized spacial score (nSPS) is 10.0. The summed E-state index contributed by atoms with van der Waals surface area (Å²) in [7, 11) is 0. The summed E-state index contributed by atoms with van der Waals surface area (Å²) in [4.78, 5) is 20.8. The number of nitro groups is 1. The fourth-order valence-electron chi connectivity index (χ4n) is 1.33. The number of esters is 1. The molecular formula is C11H12FNO4. The molecule has 0 amide bonds. The van der Waals surface area contributed by atoms with E-state index in [1.54, 1.807) is 6.92 Å². The van der Waals surface area contributed by atoms with Crippen molar-refractivity contribution in [2.45, 2.75) is 19.8 Å². The highest BCUT2D eigenvalue weighted by atomic mass is 19.1. The molecule has 92 valence electrons. The summed E-state index contributed by atoms with van der Waals surface area (Å²) in [6.45, 7) is 1.99. The van der Waals surface area contributed by atoms with Gasteiger partial charge in [0.25, 0.3) is 0 Å². The summed E-state index contributed by atoms with van der Waals surface area (Å²) in [5.41, 5.74) is -0.0440. The van der Waals surface area contributed by atoms with Crippen LogP contribution >= 0.6 is 0 Å². The van der Waals surface area contributed by atoms with Gasteiger partial charge in [0.15, 0.2) is 0 Å². The minimum absolute atomic E-state index is 0.122. The van der Waals surface area contributed by atoms with Crippen LogP contribution in [-0.4, -0.2) is 17.5 Å². The van der Waals surface area contributed by atoms with Crippen LogP contribution in [0.2, 0.25) is 0 Å². The van der Waals surface area contributed by atoms with Crippen LogP contribution in [0.15, 0.2) is 18.2 Å². The quantitative estimate of drug-likeness (QED) is 0.450. The first kappa shape index (κ1) is 13.1. The minimum Gasteiger partial charge on any atom is -0.466 e. The summed E-state index contributed by atoms with van der Waals surface area (Å²) in [6.07, 6.45) is 0.413. The van der Waals surface area contributed by atoms with E-state index in [4.69, 9.17) is 4.74 Å². The Hall–Kier alpha value is -1.98. The van der Waals surface area contributed by atoms with Crippen LogP contribution in [0.1, 0.15) is 18.9 Å². The second kappa shape index (κ2) is 5.93. The van der Waals surface area contributed by atoms with Crippen molar-refractivity contribution in [2.24, 2.45) is 0 Å². The Labute approximate surface area is 97.3 Å². The van der Waals surface area contributed by atoms with Gasteiger partial charge in [-0.3, -0.25) is 14.9 Å². The maximum Gasteiger partial charge on any atom is 0.306 e. The SMILES string of the molecule is CCOC(=O)CCc1ccc(F)c([N+](=O)[O-])c1. The van der Waals surface area contributed by atoms with Gasteiger partial charge in [-0.15, -0.1) is 0 Å². The predicted molar refractivity (Wildman–Crippen MR) is 58.0 cm³/mol. The number of carbonyl (C=O) groups excluding carboxylic acids is 1. The van der Waals surface area contributed by atoms with E-state index in [0.717, 1.165) is 12.1 Å². The highest BCUT2D eigenvalue weighted by Crippen LogP contribution is 2.19. The van der Waals surface area contributed by atoms with Gasteiger partial charge in [0.2, 0.25) is 5.82 Å². The van der Waals surface area contributed by atoms with E-state index in [0.29, 0.717) is 18.6 Å². The Morgan fingerprint density at radius 3 is 2.82 bits per heavy atom. The molecule has 1 aromatic carbocycles. The molecular weight excluding hydrogens is 229 g/mol. The lowest BCUT2D eigenvalue weighted by Crippen LogP contribution is -2.05. The van der Waals surface area contributed by atoms with E-state index in [1.807, 2.05) is 0 Å². The molecule has 0 aliphatic heterocycles. The average molecular weight is 241 g/mol. The fourth-order valence-corrected chi connectivity index (χ4v) is 1.33. The van der Waals surface area contributed by atoms with Crippen molar-refractivity contribution in [1.82, 2.24) is 0 Å². The zero-order valence-electron chi connectivity index (χ0n) is 9.31. The second-order valence-corrected chi connectivity index (χ2v) is 3.35. The van der Waals surface area contributed by atoms with Gasteiger partial charge in [-0.2, -0.15) is 4.39 Å². The van der Waals surface area contributed by atoms with Gasteiger partial charge >= 0.3 is 11.7 Å². The molecule has 0 radical (unpaired) electrons. The number of ether oxygens (including phenoxy) is 1. The Morgan fingerprint density at radius 1 is 1.53 bits per heavy atom. The van der Waals surface area contributed by atoms with Crippen molar-refractivity contribution >= 4 is 11.7 Å². The zero-order valence-corrected chi connectivity index (χ0v) is 9.31. The first-order chi connectivity index (χ1) is 8.04. The van der Waals surface area contributed by atoms with Crippen molar-refractivity contribution in [3.63, 3.8) is 0 Å². The molecule has 0 aliphatic rings. The molecule has 0 aromatic heterocycles. The number of hydrogen-bond acceptors (Lipinski definition) is 4. The Kier molecular flexibility index (Phi) is 4.56. The minimum atomic E-state index is -0.880. The van der Waals surface area contributed by atoms with Crippen LogP contribution in [0.25, 0.3) is 0 Å². The Bertz CT molecular complexity index is 433. The van der Waals surface area contributed by atoms with Crippen LogP contribution < -0.4 is 0 Å². The number of halogens is 1. The van der Waals surface area contributed by atoms with Gasteiger partial charge in [-0.25, -0.2) is 0 Å². The maximum absolute atomic E-state index is 13.0. The molecule has 0 bridgehead atoms. The third kappa shape index (κ3) is 3.82. The van der Waals surface area contributed by atoms with Crippen LogP contribution in [0, 0.1) is 15.9 Å². The number of rotatable bonds is 5. The summed E-state index contributed by atoms with van der Waals surface area (Å²) in [5, 5.41) is 10.5. The molecule has 0 saturated carbocycles. The van der Waals surface area contributed by atoms with Crippen molar-refractivity contribution in [3.8, 4) is 0 Å². The first-order valence-electron chi connectivity index (χ1n) is 5.13. The monoisotopic (exact) mass is 241 g/mol. The van der Waals surface area contributed by atoms with Gasteiger partial charge in [0.1, 0.15) is 0 Å². The fraction of sp³-hybridized carbons (Fsp3) is 0.364. The lowest BCUT2D eigenvalue weighted by atomic mass is 10.1. The van der Waals surface area contributed by atoms with E-state index >= 15 is 0 Å². The summed E-state index contributed by atoms with van der Waals surface area (Å²) < 4.78 is 17.7. The summed E-state index contributed by atoms with van der Waals surface area (Å²) in [6, 6.07) is 3.58. The average Bonchev–Trinajstić information content (AvgIpc) is 2.28. The van der Waals surface area contributed by atoms with E-state index in [2.05, 4.69) is 0 Å². The molecule has 0 fully saturated rings. The Balaban J connectivity index is 2.69. The van der Waals surface area contributed by atoms with E-state index in [-0.39, 0.29) is 12.4 Å². The molecule has 0 heterocycles. The predicted octanol–water partition coefficient (Wildman–Crippen LogP) is 2.23. The first-order valence-corrected chi connectivity index (χ1v) is 5.13. The van der Waals surface area contributed by atoms with E-state index < -0.39 is 16.4 Å². The van der Waals surface area contributed by atoms with Gasteiger partial charge in [-0.1, -0.05) is 6.07 Å². The second-order valence-electron chi connectivity index (χ2n) is 3.35. The number of benzene rings is 1. The number of nitrogens with zero attached hydrogens (tertiary/aromatic N) is 1.